The van der Waals surface area contributed by atoms with Gasteiger partial charge in [-0.15, -0.1) is 6.42 Å². The fourth-order valence-corrected chi connectivity index (χ4v) is 6.15. The van der Waals surface area contributed by atoms with Crippen LogP contribution < -0.4 is 15.8 Å². The summed E-state index contributed by atoms with van der Waals surface area (Å²) in [5, 5.41) is 3.37. The number of fused-ring (bicyclic) bond motifs is 2. The molecule has 11 heteroatoms. The molecule has 3 N–H and O–H groups in total. The van der Waals surface area contributed by atoms with E-state index in [0.29, 0.717) is 34.3 Å². The Bertz CT molecular complexity index is 1400. The SMILES string of the molecule is C#CCOc1cnc2c(Nc3cc(F)c(F)c([C@@]4(C)N=C(N)S[C@@]5(COC)C[C@H]54)c3)nccc2n1. The lowest BCUT2D eigenvalue weighted by Crippen LogP contribution is -2.37. The second-order valence-corrected chi connectivity index (χ2v) is 10.1. The van der Waals surface area contributed by atoms with Gasteiger partial charge in [0.1, 0.15) is 5.52 Å². The van der Waals surface area contributed by atoms with Gasteiger partial charge in [-0.25, -0.2) is 23.7 Å². The molecule has 3 atom stereocenters. The Labute approximate surface area is 204 Å². The predicted molar refractivity (Wildman–Crippen MR) is 131 cm³/mol. The molecule has 2 aromatic heterocycles. The van der Waals surface area contributed by atoms with E-state index in [1.54, 1.807) is 26.2 Å². The van der Waals surface area contributed by atoms with Crippen LogP contribution in [-0.2, 0) is 10.3 Å². The van der Waals surface area contributed by atoms with Crippen molar-refractivity contribution in [1.82, 2.24) is 15.0 Å². The van der Waals surface area contributed by atoms with Crippen molar-refractivity contribution in [3.63, 3.8) is 0 Å². The van der Waals surface area contributed by atoms with E-state index in [0.717, 1.165) is 12.5 Å². The molecule has 0 radical (unpaired) electrons. The number of amidine groups is 1. The van der Waals surface area contributed by atoms with Crippen molar-refractivity contribution in [2.24, 2.45) is 16.6 Å². The van der Waals surface area contributed by atoms with Crippen LogP contribution in [0.2, 0.25) is 0 Å². The van der Waals surface area contributed by atoms with Gasteiger partial charge in [-0.05, 0) is 25.5 Å². The molecule has 0 unspecified atom stereocenters. The van der Waals surface area contributed by atoms with Gasteiger partial charge in [-0.1, -0.05) is 17.7 Å². The lowest BCUT2D eigenvalue weighted by atomic mass is 9.85. The maximum atomic E-state index is 15.2. The number of nitrogens with one attached hydrogen (secondary N) is 1. The first-order chi connectivity index (χ1) is 16.8. The molecule has 35 heavy (non-hydrogen) atoms. The molecular weight excluding hydrogens is 474 g/mol. The minimum absolute atomic E-state index is 0.0561. The molecule has 5 rings (SSSR count). The third-order valence-electron chi connectivity index (χ3n) is 6.32. The lowest BCUT2D eigenvalue weighted by Gasteiger charge is -2.34. The normalized spacial score (nSPS) is 24.9. The fourth-order valence-electron chi connectivity index (χ4n) is 4.70. The maximum absolute atomic E-state index is 15.2. The number of aliphatic imine (C=N–C) groups is 1. The number of aromatic nitrogens is 3. The van der Waals surface area contributed by atoms with Gasteiger partial charge in [0.25, 0.3) is 0 Å². The first kappa shape index (κ1) is 23.3. The van der Waals surface area contributed by atoms with Crippen molar-refractivity contribution in [3.05, 3.63) is 47.8 Å². The van der Waals surface area contributed by atoms with Gasteiger partial charge in [0.05, 0.1) is 28.6 Å². The standard InChI is InChI=1S/C24H22F2N6O2S/c1-4-7-34-18-11-29-20-16(31-18)5-6-28-21(20)30-13-8-14(19(26)15(25)9-13)23(2)17-10-24(17,12-33-3)35-22(27)32-23/h1,5-6,8-9,11,17H,7,10,12H2,2-3H3,(H2,27,32)(H,28,30)/t17-,23+,24+/m0/s1. The van der Waals surface area contributed by atoms with E-state index in [4.69, 9.17) is 21.6 Å². The summed E-state index contributed by atoms with van der Waals surface area (Å²) in [7, 11) is 1.61. The maximum Gasteiger partial charge on any atom is 0.233 e. The summed E-state index contributed by atoms with van der Waals surface area (Å²) >= 11 is 1.43. The number of terminal acetylenes is 1. The lowest BCUT2D eigenvalue weighted by molar-refractivity contribution is 0.184. The van der Waals surface area contributed by atoms with Crippen LogP contribution in [0.1, 0.15) is 18.9 Å². The number of anilines is 2. The minimum Gasteiger partial charge on any atom is -0.463 e. The van der Waals surface area contributed by atoms with Crippen LogP contribution in [-0.4, -0.2) is 45.2 Å². The van der Waals surface area contributed by atoms with Gasteiger partial charge in [0.15, 0.2) is 29.2 Å². The molecule has 0 spiro atoms. The first-order valence-corrected chi connectivity index (χ1v) is 11.6. The van der Waals surface area contributed by atoms with Crippen molar-refractivity contribution in [2.75, 3.05) is 25.6 Å². The molecule has 180 valence electrons. The summed E-state index contributed by atoms with van der Waals surface area (Å²) in [6, 6.07) is 4.27. The largest absolute Gasteiger partial charge is 0.463 e. The molecule has 1 aliphatic carbocycles. The molecule has 8 nitrogen and oxygen atoms in total. The average molecular weight is 497 g/mol. The molecule has 2 aliphatic rings. The predicted octanol–water partition coefficient (Wildman–Crippen LogP) is 3.74. The molecule has 1 aromatic carbocycles. The summed E-state index contributed by atoms with van der Waals surface area (Å²) in [4.78, 5) is 17.6. The highest BCUT2D eigenvalue weighted by atomic mass is 32.2. The van der Waals surface area contributed by atoms with Crippen LogP contribution in [0.15, 0.2) is 35.6 Å². The van der Waals surface area contributed by atoms with Gasteiger partial charge in [-0.2, -0.15) is 0 Å². The highest BCUT2D eigenvalue weighted by molar-refractivity contribution is 8.15. The number of halogens is 2. The Morgan fingerprint density at radius 1 is 1.34 bits per heavy atom. The van der Waals surface area contributed by atoms with Gasteiger partial charge in [0.2, 0.25) is 5.88 Å². The third kappa shape index (κ3) is 4.02. The second-order valence-electron chi connectivity index (χ2n) is 8.63. The van der Waals surface area contributed by atoms with Crippen molar-refractivity contribution < 1.29 is 18.3 Å². The van der Waals surface area contributed by atoms with Gasteiger partial charge in [0, 0.05) is 36.5 Å². The van der Waals surface area contributed by atoms with E-state index in [-0.39, 0.29) is 28.7 Å². The fraction of sp³-hybridized carbons (Fsp3) is 0.333. The van der Waals surface area contributed by atoms with Gasteiger partial charge in [-0.3, -0.25) is 4.99 Å². The number of thioether (sulfide) groups is 1. The number of hydrogen-bond acceptors (Lipinski definition) is 9. The topological polar surface area (TPSA) is 108 Å². The van der Waals surface area contributed by atoms with Crippen LogP contribution in [0.5, 0.6) is 5.88 Å². The minimum atomic E-state index is -1.05. The Hall–Kier alpha value is -3.49. The van der Waals surface area contributed by atoms with Gasteiger partial charge >= 0.3 is 0 Å². The molecule has 0 amide bonds. The van der Waals surface area contributed by atoms with E-state index in [2.05, 4.69) is 31.2 Å². The van der Waals surface area contributed by atoms with Crippen LogP contribution in [0, 0.1) is 29.9 Å². The number of hydrogen-bond donors (Lipinski definition) is 2. The van der Waals surface area contributed by atoms with Crippen molar-refractivity contribution >= 4 is 39.5 Å². The summed E-state index contributed by atoms with van der Waals surface area (Å²) < 4.78 is 40.4. The molecule has 1 saturated carbocycles. The molecular formula is C24H22F2N6O2S. The molecule has 3 aromatic rings. The number of nitrogens with zero attached hydrogens (tertiary/aromatic N) is 4. The monoisotopic (exact) mass is 496 g/mol. The second kappa shape index (κ2) is 8.62. The zero-order chi connectivity index (χ0) is 24.8. The first-order valence-electron chi connectivity index (χ1n) is 10.8. The van der Waals surface area contributed by atoms with E-state index >= 15 is 4.39 Å². The van der Waals surface area contributed by atoms with Crippen LogP contribution in [0.3, 0.4) is 0 Å². The van der Waals surface area contributed by atoms with E-state index < -0.39 is 17.2 Å². The third-order valence-corrected chi connectivity index (χ3v) is 7.60. The highest BCUT2D eigenvalue weighted by Gasteiger charge is 2.66. The summed E-state index contributed by atoms with van der Waals surface area (Å²) in [5.41, 5.74) is 6.39. The van der Waals surface area contributed by atoms with Crippen LogP contribution in [0.4, 0.5) is 20.3 Å². The zero-order valence-corrected chi connectivity index (χ0v) is 19.8. The quantitative estimate of drug-likeness (QED) is 0.477. The number of methoxy groups -OCH3 is 1. The number of nitrogens with two attached hydrogens (primary N) is 1. The molecule has 1 fully saturated rings. The zero-order valence-electron chi connectivity index (χ0n) is 19.0. The van der Waals surface area contributed by atoms with E-state index in [1.807, 2.05) is 0 Å². The number of benzene rings is 1. The van der Waals surface area contributed by atoms with E-state index in [1.165, 1.54) is 24.2 Å². The molecule has 0 bridgehead atoms. The summed E-state index contributed by atoms with van der Waals surface area (Å²) in [6.45, 7) is 2.29. The molecule has 3 heterocycles. The van der Waals surface area contributed by atoms with Crippen LogP contribution >= 0.6 is 11.8 Å². The molecule has 1 aliphatic heterocycles. The summed E-state index contributed by atoms with van der Waals surface area (Å²) in [6.07, 6.45) is 8.89. The van der Waals surface area contributed by atoms with Crippen molar-refractivity contribution in [1.29, 1.82) is 0 Å². The number of ether oxygens (including phenoxy) is 2. The Balaban J connectivity index is 1.52. The van der Waals surface area contributed by atoms with Crippen molar-refractivity contribution in [2.45, 2.75) is 23.6 Å². The Kier molecular flexibility index (Phi) is 5.73. The average Bonchev–Trinajstić information content (AvgIpc) is 3.54. The highest BCUT2D eigenvalue weighted by Crippen LogP contribution is 2.66. The summed E-state index contributed by atoms with van der Waals surface area (Å²) in [5.74, 6) is 0.936. The Morgan fingerprint density at radius 2 is 2.17 bits per heavy atom. The number of pyridine rings is 1. The Morgan fingerprint density at radius 3 is 2.94 bits per heavy atom. The van der Waals surface area contributed by atoms with Crippen LogP contribution in [0.25, 0.3) is 11.0 Å². The number of rotatable bonds is 7. The van der Waals surface area contributed by atoms with E-state index in [9.17, 15) is 4.39 Å². The molecule has 0 saturated heterocycles. The smallest absolute Gasteiger partial charge is 0.233 e. The van der Waals surface area contributed by atoms with Gasteiger partial charge < -0.3 is 20.5 Å². The van der Waals surface area contributed by atoms with Crippen molar-refractivity contribution in [3.8, 4) is 18.2 Å².